The Morgan fingerprint density at radius 2 is 1.90 bits per heavy atom. The molecule has 0 heterocycles. The van der Waals surface area contributed by atoms with E-state index in [0.29, 0.717) is 15.7 Å². The van der Waals surface area contributed by atoms with Crippen molar-refractivity contribution < 1.29 is 13.5 Å². The van der Waals surface area contributed by atoms with Crippen molar-refractivity contribution in [2.24, 2.45) is 0 Å². The van der Waals surface area contributed by atoms with Gasteiger partial charge in [-0.15, -0.1) is 0 Å². The number of nitrogens with one attached hydrogen (secondary N) is 1. The maximum absolute atomic E-state index is 12.4. The summed E-state index contributed by atoms with van der Waals surface area (Å²) in [6.07, 6.45) is 0. The number of halogens is 2. The molecule has 0 radical (unpaired) electrons. The van der Waals surface area contributed by atoms with Gasteiger partial charge in [-0.3, -0.25) is 4.72 Å². The second-order valence-corrected chi connectivity index (χ2v) is 7.68. The molecule has 0 saturated heterocycles. The van der Waals surface area contributed by atoms with Crippen LogP contribution in [0.1, 0.15) is 5.56 Å². The molecule has 2 aromatic carbocycles. The Morgan fingerprint density at radius 1 is 1.20 bits per heavy atom. The summed E-state index contributed by atoms with van der Waals surface area (Å²) in [7, 11) is -3.71. The molecule has 0 aliphatic rings. The van der Waals surface area contributed by atoms with Crippen LogP contribution in [0.15, 0.2) is 51.8 Å². The Bertz CT molecular complexity index is 734. The fraction of sp³-hybridized carbons (Fsp3) is 0.0769. The zero-order chi connectivity index (χ0) is 14.8. The van der Waals surface area contributed by atoms with E-state index >= 15 is 0 Å². The summed E-state index contributed by atoms with van der Waals surface area (Å²) in [6.45, 7) is -0.210. The van der Waals surface area contributed by atoms with Crippen LogP contribution in [0.25, 0.3) is 0 Å². The molecular formula is C13H11BrINO3S. The highest BCUT2D eigenvalue weighted by Gasteiger charge is 2.19. The molecular weight excluding hydrogens is 457 g/mol. The highest BCUT2D eigenvalue weighted by Crippen LogP contribution is 2.27. The molecule has 0 unspecified atom stereocenters. The average Bonchev–Trinajstić information content (AvgIpc) is 2.41. The SMILES string of the molecule is O=S(=O)(Nc1ccccc1I)c1cc(CO)ccc1Br. The molecule has 0 spiro atoms. The van der Waals surface area contributed by atoms with Gasteiger partial charge in [0.2, 0.25) is 0 Å². The van der Waals surface area contributed by atoms with Crippen molar-refractivity contribution in [1.82, 2.24) is 0 Å². The zero-order valence-corrected chi connectivity index (χ0v) is 14.7. The van der Waals surface area contributed by atoms with Gasteiger partial charge in [-0.05, 0) is 68.3 Å². The maximum Gasteiger partial charge on any atom is 0.263 e. The molecule has 0 saturated carbocycles. The number of sulfonamides is 1. The molecule has 0 aliphatic carbocycles. The van der Waals surface area contributed by atoms with E-state index in [0.717, 1.165) is 3.57 Å². The van der Waals surface area contributed by atoms with Gasteiger partial charge in [0.15, 0.2) is 0 Å². The smallest absolute Gasteiger partial charge is 0.263 e. The number of hydrogen-bond acceptors (Lipinski definition) is 3. The molecule has 0 bridgehead atoms. The lowest BCUT2D eigenvalue weighted by Crippen LogP contribution is -2.14. The van der Waals surface area contributed by atoms with E-state index in [-0.39, 0.29) is 11.5 Å². The number of rotatable bonds is 4. The molecule has 106 valence electrons. The van der Waals surface area contributed by atoms with Crippen LogP contribution in [0.4, 0.5) is 5.69 Å². The first-order chi connectivity index (χ1) is 9.44. The Morgan fingerprint density at radius 3 is 2.55 bits per heavy atom. The monoisotopic (exact) mass is 467 g/mol. The molecule has 0 atom stereocenters. The van der Waals surface area contributed by atoms with Crippen molar-refractivity contribution in [3.8, 4) is 0 Å². The van der Waals surface area contributed by atoms with Crippen LogP contribution >= 0.6 is 38.5 Å². The van der Waals surface area contributed by atoms with Gasteiger partial charge in [-0.25, -0.2) is 8.42 Å². The first-order valence-corrected chi connectivity index (χ1v) is 8.96. The van der Waals surface area contributed by atoms with Crippen molar-refractivity contribution in [3.05, 3.63) is 56.1 Å². The average molecular weight is 468 g/mol. The van der Waals surface area contributed by atoms with Crippen LogP contribution in [0.5, 0.6) is 0 Å². The highest BCUT2D eigenvalue weighted by atomic mass is 127. The molecule has 7 heteroatoms. The molecule has 2 N–H and O–H groups in total. The Balaban J connectivity index is 2.43. The van der Waals surface area contributed by atoms with Crippen molar-refractivity contribution >= 4 is 54.2 Å². The van der Waals surface area contributed by atoms with Crippen LogP contribution in [0.3, 0.4) is 0 Å². The van der Waals surface area contributed by atoms with Crippen molar-refractivity contribution in [2.75, 3.05) is 4.72 Å². The Hall–Kier alpha value is -0.640. The van der Waals surface area contributed by atoms with Gasteiger partial charge in [-0.2, -0.15) is 0 Å². The molecule has 20 heavy (non-hydrogen) atoms. The lowest BCUT2D eigenvalue weighted by molar-refractivity contribution is 0.281. The predicted molar refractivity (Wildman–Crippen MR) is 90.0 cm³/mol. The summed E-state index contributed by atoms with van der Waals surface area (Å²) in [6, 6.07) is 11.8. The number of aliphatic hydroxyl groups excluding tert-OH is 1. The fourth-order valence-electron chi connectivity index (χ4n) is 1.60. The maximum atomic E-state index is 12.4. The molecule has 0 aliphatic heterocycles. The normalized spacial score (nSPS) is 11.3. The summed E-state index contributed by atoms with van der Waals surface area (Å²) >= 11 is 5.29. The third-order valence-electron chi connectivity index (χ3n) is 2.59. The van der Waals surface area contributed by atoms with Crippen molar-refractivity contribution in [1.29, 1.82) is 0 Å². The summed E-state index contributed by atoms with van der Waals surface area (Å²) in [4.78, 5) is 0.101. The molecule has 0 aromatic heterocycles. The van der Waals surface area contributed by atoms with Gasteiger partial charge < -0.3 is 5.11 Å². The van der Waals surface area contributed by atoms with Gasteiger partial charge in [0.05, 0.1) is 12.3 Å². The summed E-state index contributed by atoms with van der Waals surface area (Å²) in [5, 5.41) is 9.12. The van der Waals surface area contributed by atoms with E-state index < -0.39 is 10.0 Å². The quantitative estimate of drug-likeness (QED) is 0.677. The largest absolute Gasteiger partial charge is 0.392 e. The molecule has 0 fully saturated rings. The van der Waals surface area contributed by atoms with Crippen LogP contribution in [0.2, 0.25) is 0 Å². The Kier molecular flexibility index (Phi) is 5.05. The van der Waals surface area contributed by atoms with Gasteiger partial charge >= 0.3 is 0 Å². The highest BCUT2D eigenvalue weighted by molar-refractivity contribution is 14.1. The van der Waals surface area contributed by atoms with Gasteiger partial charge in [0.1, 0.15) is 4.90 Å². The predicted octanol–water partition coefficient (Wildman–Crippen LogP) is 3.35. The number of anilines is 1. The van der Waals surface area contributed by atoms with Gasteiger partial charge in [0.25, 0.3) is 10.0 Å². The minimum Gasteiger partial charge on any atom is -0.392 e. The fourth-order valence-corrected chi connectivity index (χ4v) is 4.40. The number of benzene rings is 2. The molecule has 4 nitrogen and oxygen atoms in total. The summed E-state index contributed by atoms with van der Waals surface area (Å²) in [5.74, 6) is 0. The second-order valence-electron chi connectivity index (χ2n) is 4.01. The van der Waals surface area contributed by atoms with Crippen LogP contribution < -0.4 is 4.72 Å². The number of aliphatic hydroxyl groups is 1. The first-order valence-electron chi connectivity index (χ1n) is 5.60. The van der Waals surface area contributed by atoms with Gasteiger partial charge in [-0.1, -0.05) is 18.2 Å². The summed E-state index contributed by atoms with van der Waals surface area (Å²) in [5.41, 5.74) is 1.06. The number of para-hydroxylation sites is 1. The first kappa shape index (κ1) is 15.7. The third kappa shape index (κ3) is 3.51. The van der Waals surface area contributed by atoms with Crippen molar-refractivity contribution in [3.63, 3.8) is 0 Å². The van der Waals surface area contributed by atoms with E-state index in [1.807, 2.05) is 12.1 Å². The molecule has 0 amide bonds. The third-order valence-corrected chi connectivity index (χ3v) is 5.89. The Labute approximate surface area is 139 Å². The van der Waals surface area contributed by atoms with E-state index in [4.69, 9.17) is 5.11 Å². The minimum atomic E-state index is -3.71. The number of hydrogen-bond donors (Lipinski definition) is 2. The second kappa shape index (κ2) is 6.42. The topological polar surface area (TPSA) is 66.4 Å². The van der Waals surface area contributed by atoms with Crippen LogP contribution in [-0.2, 0) is 16.6 Å². The lowest BCUT2D eigenvalue weighted by Gasteiger charge is -2.12. The van der Waals surface area contributed by atoms with Gasteiger partial charge in [0, 0.05) is 8.04 Å². The van der Waals surface area contributed by atoms with Crippen LogP contribution in [0, 0.1) is 3.57 Å². The standard InChI is InChI=1S/C13H11BrINO3S/c14-10-6-5-9(8-17)7-13(10)20(18,19)16-12-4-2-1-3-11(12)15/h1-7,16-17H,8H2. The zero-order valence-electron chi connectivity index (χ0n) is 10.2. The van der Waals surface area contributed by atoms with Crippen molar-refractivity contribution in [2.45, 2.75) is 11.5 Å². The van der Waals surface area contributed by atoms with E-state index in [2.05, 4.69) is 43.2 Å². The van der Waals surface area contributed by atoms with E-state index in [1.54, 1.807) is 24.3 Å². The summed E-state index contributed by atoms with van der Waals surface area (Å²) < 4.78 is 28.6. The van der Waals surface area contributed by atoms with E-state index in [9.17, 15) is 8.42 Å². The van der Waals surface area contributed by atoms with E-state index in [1.165, 1.54) is 6.07 Å². The molecule has 2 rings (SSSR count). The molecule has 2 aromatic rings. The lowest BCUT2D eigenvalue weighted by atomic mass is 10.2. The van der Waals surface area contributed by atoms with Crippen LogP contribution in [-0.4, -0.2) is 13.5 Å². The minimum absolute atomic E-state index is 0.101.